The van der Waals surface area contributed by atoms with E-state index in [1.165, 1.54) is 11.8 Å². The number of carboxylic acids is 1. The molecule has 0 aliphatic heterocycles. The Morgan fingerprint density at radius 3 is 1.74 bits per heavy atom. The van der Waals surface area contributed by atoms with Crippen molar-refractivity contribution in [1.29, 1.82) is 0 Å². The second-order valence-electron chi connectivity index (χ2n) is 18.5. The average Bonchev–Trinajstić information content (AvgIpc) is 3.30. The smallest absolute Gasteiger partial charge is 0.305 e. The van der Waals surface area contributed by atoms with Crippen molar-refractivity contribution in [3.05, 3.63) is 35.9 Å². The Hall–Kier alpha value is -5.51. The van der Waals surface area contributed by atoms with Crippen molar-refractivity contribution >= 4 is 113 Å². The molecule has 7 atom stereocenters. The fraction of sp³-hybridized carbons (Fsp3) is 0.622. The molecule has 2 unspecified atom stereocenters. The van der Waals surface area contributed by atoms with Gasteiger partial charge in [-0.15, -0.1) is 23.4 Å². The summed E-state index contributed by atoms with van der Waals surface area (Å²) in [4.78, 5) is 136. The van der Waals surface area contributed by atoms with Crippen LogP contribution in [0.15, 0.2) is 35.3 Å². The van der Waals surface area contributed by atoms with E-state index in [9.17, 15) is 53.1 Å². The van der Waals surface area contributed by atoms with Gasteiger partial charge in [0, 0.05) is 34.0 Å². The van der Waals surface area contributed by atoms with Crippen LogP contribution in [0.2, 0.25) is 0 Å². The highest BCUT2D eigenvalue weighted by molar-refractivity contribution is 8.01. The summed E-state index contributed by atoms with van der Waals surface area (Å²) in [5, 5.41) is 28.5. The largest absolute Gasteiger partial charge is 0.481 e. The number of amides is 9. The first-order valence-electron chi connectivity index (χ1n) is 23.3. The van der Waals surface area contributed by atoms with Crippen LogP contribution in [0.1, 0.15) is 85.6 Å². The number of thiol groups is 1. The standard InChI is InChI=1S/C45H74ClN13O11S3/c1-44(2,3)72-24-31(40(69)56-28(19-25-13-8-7-9-14-25)38(67)57-30(23-71)35(48)64)58-39(68)29(20-34(62)63)54-33(61)22-52-36(65)26(16-12-18-51-43(49)50)55-41(70)42(73-45(4,5)6)59-37(66)27(15-10-11-17-47)53-32(60)21-46/h7-9,13-14,26-31,42,71H,10-12,15-24,47H2,1-6H3,(H2,48,64)(H,52,65)(H,53,60)(H,54,61)(H,55,70)(H,56,69)(H,57,67)(H,58,68)(H,59,66)(H,62,63)(H4,49,50,51)/t26-,27-,28-,29-,30?,31-,42?/m0/s1. The molecule has 9 amide bonds. The van der Waals surface area contributed by atoms with E-state index >= 15 is 0 Å². The molecule has 73 heavy (non-hydrogen) atoms. The molecule has 0 aromatic heterocycles. The number of carbonyl (C=O) groups excluding carboxylic acids is 9. The third-order valence-corrected chi connectivity index (χ3v) is 13.1. The van der Waals surface area contributed by atoms with Crippen molar-refractivity contribution in [2.45, 2.75) is 138 Å². The lowest BCUT2D eigenvalue weighted by atomic mass is 10.0. The van der Waals surface area contributed by atoms with Crippen molar-refractivity contribution in [3.8, 4) is 0 Å². The Kier molecular flexibility index (Phi) is 29.9. The van der Waals surface area contributed by atoms with Crippen LogP contribution in [0, 0.1) is 0 Å². The van der Waals surface area contributed by atoms with Crippen molar-refractivity contribution < 1.29 is 53.1 Å². The van der Waals surface area contributed by atoms with Crippen LogP contribution >= 0.6 is 47.8 Å². The minimum atomic E-state index is -1.80. The molecule has 28 heteroatoms. The number of nitrogens with zero attached hydrogens (tertiary/aromatic N) is 1. The van der Waals surface area contributed by atoms with Gasteiger partial charge >= 0.3 is 5.97 Å². The first kappa shape index (κ1) is 65.5. The van der Waals surface area contributed by atoms with Gasteiger partial charge in [-0.1, -0.05) is 71.9 Å². The Balaban J connectivity index is 3.41. The van der Waals surface area contributed by atoms with Gasteiger partial charge in [0.15, 0.2) is 11.3 Å². The number of hydrogen-bond donors (Lipinski definition) is 14. The second-order valence-corrected chi connectivity index (χ2v) is 22.9. The number of guanidine groups is 1. The van der Waals surface area contributed by atoms with Gasteiger partial charge in [-0.3, -0.25) is 52.9 Å². The molecule has 0 aliphatic carbocycles. The quantitative estimate of drug-likeness (QED) is 0.00910. The highest BCUT2D eigenvalue weighted by Gasteiger charge is 2.35. The van der Waals surface area contributed by atoms with Crippen LogP contribution < -0.4 is 65.5 Å². The van der Waals surface area contributed by atoms with Crippen LogP contribution in [0.5, 0.6) is 0 Å². The number of unbranched alkanes of at least 4 members (excludes halogenated alkanes) is 1. The van der Waals surface area contributed by atoms with Gasteiger partial charge < -0.3 is 70.6 Å². The topological polar surface area (TPSA) is 404 Å². The molecule has 0 saturated carbocycles. The van der Waals surface area contributed by atoms with Gasteiger partial charge in [-0.05, 0) is 44.2 Å². The number of primary amides is 1. The minimum absolute atomic E-state index is 0.0378. The van der Waals surface area contributed by atoms with Gasteiger partial charge in [0.2, 0.25) is 47.3 Å². The van der Waals surface area contributed by atoms with E-state index < -0.39 is 129 Å². The predicted molar refractivity (Wildman–Crippen MR) is 285 cm³/mol. The molecule has 0 radical (unpaired) electrons. The van der Waals surface area contributed by atoms with Gasteiger partial charge in [-0.2, -0.15) is 24.4 Å². The third kappa shape index (κ3) is 28.5. The monoisotopic (exact) mass is 1100 g/mol. The highest BCUT2D eigenvalue weighted by Crippen LogP contribution is 2.28. The summed E-state index contributed by atoms with van der Waals surface area (Å²) in [6, 6.07) is 0.487. The summed E-state index contributed by atoms with van der Waals surface area (Å²) >= 11 is 12.1. The number of aliphatic imine (C=N–C) groups is 1. The maximum absolute atomic E-state index is 14.0. The van der Waals surface area contributed by atoms with Gasteiger partial charge in [0.25, 0.3) is 5.91 Å². The molecule has 410 valence electrons. The summed E-state index contributed by atoms with van der Waals surface area (Å²) in [6.07, 6.45) is 0.260. The van der Waals surface area contributed by atoms with E-state index in [4.69, 9.17) is 34.5 Å². The lowest BCUT2D eigenvalue weighted by molar-refractivity contribution is -0.141. The number of aliphatic carboxylic acids is 1. The molecule has 0 fully saturated rings. The summed E-state index contributed by atoms with van der Waals surface area (Å²) in [5.41, 5.74) is 22.6. The Bertz CT molecular complexity index is 2060. The number of halogens is 1. The van der Waals surface area contributed by atoms with Crippen molar-refractivity contribution in [1.82, 2.24) is 42.5 Å². The van der Waals surface area contributed by atoms with Crippen LogP contribution in [-0.2, 0) is 54.4 Å². The van der Waals surface area contributed by atoms with Gasteiger partial charge in [-0.25, -0.2) is 0 Å². The Morgan fingerprint density at radius 2 is 1.19 bits per heavy atom. The zero-order chi connectivity index (χ0) is 55.5. The molecule has 0 spiro atoms. The molecule has 17 N–H and O–H groups in total. The molecule has 1 rings (SSSR count). The lowest BCUT2D eigenvalue weighted by Crippen LogP contribution is -2.60. The summed E-state index contributed by atoms with van der Waals surface area (Å²) in [7, 11) is 0. The molecule has 0 bridgehead atoms. The van der Waals surface area contributed by atoms with Crippen molar-refractivity contribution in [2.24, 2.45) is 27.9 Å². The fourth-order valence-corrected chi connectivity index (χ4v) is 8.57. The number of rotatable bonds is 33. The molecule has 0 aliphatic rings. The number of carboxylic acid groups (broad SMARTS) is 1. The highest BCUT2D eigenvalue weighted by atomic mass is 35.5. The SMILES string of the molecule is CC(C)(C)SC[C@H](NC(=O)[C@H](CC(=O)O)NC(=O)CNC(=O)[C@H](CCCN=C(N)N)NC(=O)C(NC(=O)[C@H](CCCCN)NC(=O)CCl)SC(C)(C)C)C(=O)N[C@@H](Cc1ccccc1)C(=O)NC(CS)C(N)=O. The Morgan fingerprint density at radius 1 is 0.658 bits per heavy atom. The Labute approximate surface area is 444 Å². The number of nitrogens with one attached hydrogen (secondary N) is 8. The first-order chi connectivity index (χ1) is 34.1. The third-order valence-electron chi connectivity index (χ3n) is 9.81. The van der Waals surface area contributed by atoms with E-state index in [1.54, 1.807) is 51.1 Å². The minimum Gasteiger partial charge on any atom is -0.481 e. The predicted octanol–water partition coefficient (Wildman–Crippen LogP) is -1.93. The first-order valence-corrected chi connectivity index (χ1v) is 26.3. The second kappa shape index (κ2) is 33.3. The van der Waals surface area contributed by atoms with Crippen molar-refractivity contribution in [2.75, 3.05) is 37.0 Å². The molecule has 1 aromatic rings. The summed E-state index contributed by atoms with van der Waals surface area (Å²) in [5.74, 6) is -10.0. The number of carbonyl (C=O) groups is 10. The van der Waals surface area contributed by atoms with E-state index in [2.05, 4.69) is 60.2 Å². The van der Waals surface area contributed by atoms with Crippen LogP contribution in [0.4, 0.5) is 0 Å². The number of hydrogen-bond acceptors (Lipinski definition) is 15. The van der Waals surface area contributed by atoms with Crippen molar-refractivity contribution in [3.63, 3.8) is 0 Å². The van der Waals surface area contributed by atoms with E-state index in [0.717, 1.165) is 11.8 Å². The van der Waals surface area contributed by atoms with Crippen LogP contribution in [0.25, 0.3) is 0 Å². The van der Waals surface area contributed by atoms with E-state index in [0.29, 0.717) is 24.9 Å². The fourth-order valence-electron chi connectivity index (χ4n) is 6.27. The number of thioether (sulfide) groups is 2. The van der Waals surface area contributed by atoms with Crippen LogP contribution in [0.3, 0.4) is 0 Å². The maximum Gasteiger partial charge on any atom is 0.305 e. The van der Waals surface area contributed by atoms with Gasteiger partial charge in [0.05, 0.1) is 13.0 Å². The molecular formula is C45H74ClN13O11S3. The molecule has 0 heterocycles. The average molecular weight is 1100 g/mol. The number of alkyl halides is 1. The maximum atomic E-state index is 14.0. The molecular weight excluding hydrogens is 1030 g/mol. The van der Waals surface area contributed by atoms with E-state index in [1.807, 2.05) is 20.8 Å². The van der Waals surface area contributed by atoms with E-state index in [-0.39, 0.29) is 49.7 Å². The number of benzene rings is 1. The van der Waals surface area contributed by atoms with Gasteiger partial charge in [0.1, 0.15) is 42.1 Å². The summed E-state index contributed by atoms with van der Waals surface area (Å²) in [6.45, 7) is 10.4. The summed E-state index contributed by atoms with van der Waals surface area (Å²) < 4.78 is -1.09. The zero-order valence-electron chi connectivity index (χ0n) is 42.0. The van der Waals surface area contributed by atoms with Crippen LogP contribution in [-0.4, -0.2) is 158 Å². The molecule has 0 saturated heterocycles. The zero-order valence-corrected chi connectivity index (χ0v) is 45.3. The molecule has 1 aromatic carbocycles. The number of nitrogens with two attached hydrogens (primary N) is 4. The molecule has 24 nitrogen and oxygen atoms in total. The normalized spacial score (nSPS) is 14.2. The lowest BCUT2D eigenvalue weighted by Gasteiger charge is -2.29.